The summed E-state index contributed by atoms with van der Waals surface area (Å²) < 4.78 is 10.2. The molecule has 104 valence electrons. The van der Waals surface area contributed by atoms with Crippen molar-refractivity contribution in [2.45, 2.75) is 13.8 Å². The average molecular weight is 359 g/mol. The van der Waals surface area contributed by atoms with E-state index in [0.717, 1.165) is 19.0 Å². The van der Waals surface area contributed by atoms with Crippen LogP contribution in [0.1, 0.15) is 13.8 Å². The topological polar surface area (TPSA) is 54.9 Å². The van der Waals surface area contributed by atoms with Gasteiger partial charge < -0.3 is 20.1 Å². The van der Waals surface area contributed by atoms with Gasteiger partial charge in [0, 0.05) is 27.2 Å². The molecule has 0 aromatic carbocycles. The normalized spacial score (nSPS) is 11.2. The van der Waals surface area contributed by atoms with Crippen LogP contribution in [0.5, 0.6) is 0 Å². The summed E-state index contributed by atoms with van der Waals surface area (Å²) in [5.74, 6) is 1.43. The van der Waals surface area contributed by atoms with E-state index in [1.54, 1.807) is 14.2 Å². The zero-order chi connectivity index (χ0) is 12.2. The summed E-state index contributed by atoms with van der Waals surface area (Å²) in [4.78, 5) is 4.11. The van der Waals surface area contributed by atoms with Gasteiger partial charge in [-0.05, 0) is 5.92 Å². The van der Waals surface area contributed by atoms with Gasteiger partial charge in [-0.15, -0.1) is 24.0 Å². The molecule has 0 aliphatic heterocycles. The Morgan fingerprint density at radius 2 is 1.88 bits per heavy atom. The van der Waals surface area contributed by atoms with E-state index in [9.17, 15) is 0 Å². The van der Waals surface area contributed by atoms with Crippen LogP contribution in [0, 0.1) is 5.92 Å². The zero-order valence-corrected chi connectivity index (χ0v) is 13.6. The third-order valence-corrected chi connectivity index (χ3v) is 1.87. The van der Waals surface area contributed by atoms with Gasteiger partial charge in [-0.3, -0.25) is 4.99 Å². The number of methoxy groups -OCH3 is 1. The lowest BCUT2D eigenvalue weighted by molar-refractivity contribution is 0.0733. The van der Waals surface area contributed by atoms with Crippen LogP contribution in [0.4, 0.5) is 0 Å². The highest BCUT2D eigenvalue weighted by Gasteiger charge is 1.98. The van der Waals surface area contributed by atoms with Crippen molar-refractivity contribution < 1.29 is 9.47 Å². The first-order valence-corrected chi connectivity index (χ1v) is 5.72. The van der Waals surface area contributed by atoms with E-state index < -0.39 is 0 Å². The minimum Gasteiger partial charge on any atom is -0.382 e. The van der Waals surface area contributed by atoms with E-state index in [1.165, 1.54) is 0 Å². The summed E-state index contributed by atoms with van der Waals surface area (Å²) in [6.45, 7) is 7.93. The fraction of sp³-hybridized carbons (Fsp3) is 0.909. The lowest BCUT2D eigenvalue weighted by Gasteiger charge is -2.13. The predicted octanol–water partition coefficient (Wildman–Crippen LogP) is 1.09. The molecule has 0 rings (SSSR count). The first kappa shape index (κ1) is 19.3. The molecule has 0 unspecified atom stereocenters. The number of hydrogen-bond donors (Lipinski definition) is 2. The molecule has 5 nitrogen and oxygen atoms in total. The Kier molecular flexibility index (Phi) is 15.8. The SMILES string of the molecule is CN=C(NCCOCCOC)NCC(C)C.I. The second kappa shape index (κ2) is 14.0. The fourth-order valence-corrected chi connectivity index (χ4v) is 1.01. The largest absolute Gasteiger partial charge is 0.382 e. The van der Waals surface area contributed by atoms with Crippen LogP contribution in [0.3, 0.4) is 0 Å². The van der Waals surface area contributed by atoms with Crippen molar-refractivity contribution >= 4 is 29.9 Å². The Hall–Kier alpha value is -0.0800. The Morgan fingerprint density at radius 3 is 2.41 bits per heavy atom. The highest BCUT2D eigenvalue weighted by Crippen LogP contribution is 1.86. The molecule has 0 amide bonds. The van der Waals surface area contributed by atoms with E-state index >= 15 is 0 Å². The third kappa shape index (κ3) is 13.9. The second-order valence-corrected chi connectivity index (χ2v) is 3.88. The highest BCUT2D eigenvalue weighted by atomic mass is 127. The molecule has 0 bridgehead atoms. The van der Waals surface area contributed by atoms with Crippen LogP contribution < -0.4 is 10.6 Å². The first-order valence-electron chi connectivity index (χ1n) is 5.72. The van der Waals surface area contributed by atoms with Gasteiger partial charge in [0.25, 0.3) is 0 Å². The van der Waals surface area contributed by atoms with Gasteiger partial charge >= 0.3 is 0 Å². The monoisotopic (exact) mass is 359 g/mol. The Morgan fingerprint density at radius 1 is 1.18 bits per heavy atom. The van der Waals surface area contributed by atoms with Crippen molar-refractivity contribution in [3.05, 3.63) is 0 Å². The van der Waals surface area contributed by atoms with Gasteiger partial charge in [-0.1, -0.05) is 13.8 Å². The number of rotatable bonds is 8. The van der Waals surface area contributed by atoms with Gasteiger partial charge in [0.2, 0.25) is 0 Å². The molecular formula is C11H26IN3O2. The molecule has 2 N–H and O–H groups in total. The summed E-state index contributed by atoms with van der Waals surface area (Å²) in [5.41, 5.74) is 0. The molecule has 0 radical (unpaired) electrons. The Bertz CT molecular complexity index is 190. The molecule has 0 saturated carbocycles. The molecule has 0 aromatic rings. The fourth-order valence-electron chi connectivity index (χ4n) is 1.01. The summed E-state index contributed by atoms with van der Waals surface area (Å²) in [6.07, 6.45) is 0. The summed E-state index contributed by atoms with van der Waals surface area (Å²) in [7, 11) is 3.43. The van der Waals surface area contributed by atoms with E-state index in [-0.39, 0.29) is 24.0 Å². The van der Waals surface area contributed by atoms with Gasteiger partial charge in [0.1, 0.15) is 0 Å². The molecule has 0 aliphatic rings. The van der Waals surface area contributed by atoms with E-state index in [2.05, 4.69) is 29.5 Å². The number of halogens is 1. The summed E-state index contributed by atoms with van der Waals surface area (Å²) >= 11 is 0. The molecule has 6 heteroatoms. The summed E-state index contributed by atoms with van der Waals surface area (Å²) in [6, 6.07) is 0. The van der Waals surface area contributed by atoms with Gasteiger partial charge in [-0.25, -0.2) is 0 Å². The maximum absolute atomic E-state index is 5.32. The van der Waals surface area contributed by atoms with Crippen LogP contribution in [0.15, 0.2) is 4.99 Å². The van der Waals surface area contributed by atoms with Gasteiger partial charge in [0.05, 0.1) is 19.8 Å². The van der Waals surface area contributed by atoms with Crippen LogP contribution >= 0.6 is 24.0 Å². The maximum Gasteiger partial charge on any atom is 0.191 e. The molecule has 0 saturated heterocycles. The van der Waals surface area contributed by atoms with Crippen LogP contribution in [-0.2, 0) is 9.47 Å². The average Bonchev–Trinajstić information content (AvgIpc) is 2.27. The molecule has 0 fully saturated rings. The number of nitrogens with zero attached hydrogens (tertiary/aromatic N) is 1. The number of ether oxygens (including phenoxy) is 2. The van der Waals surface area contributed by atoms with Crippen molar-refractivity contribution in [3.63, 3.8) is 0 Å². The van der Waals surface area contributed by atoms with E-state index in [0.29, 0.717) is 25.7 Å². The van der Waals surface area contributed by atoms with Crippen molar-refractivity contribution in [2.75, 3.05) is 47.1 Å². The van der Waals surface area contributed by atoms with Crippen molar-refractivity contribution in [1.29, 1.82) is 0 Å². The van der Waals surface area contributed by atoms with E-state index in [4.69, 9.17) is 9.47 Å². The van der Waals surface area contributed by atoms with Crippen LogP contribution in [0.2, 0.25) is 0 Å². The maximum atomic E-state index is 5.32. The smallest absolute Gasteiger partial charge is 0.191 e. The van der Waals surface area contributed by atoms with Crippen molar-refractivity contribution in [3.8, 4) is 0 Å². The van der Waals surface area contributed by atoms with Crippen LogP contribution in [0.25, 0.3) is 0 Å². The quantitative estimate of drug-likeness (QED) is 0.295. The highest BCUT2D eigenvalue weighted by molar-refractivity contribution is 14.0. The van der Waals surface area contributed by atoms with E-state index in [1.807, 2.05) is 0 Å². The Balaban J connectivity index is 0. The molecule has 17 heavy (non-hydrogen) atoms. The second-order valence-electron chi connectivity index (χ2n) is 3.88. The minimum atomic E-state index is 0. The number of guanidine groups is 1. The summed E-state index contributed by atoms with van der Waals surface area (Å²) in [5, 5.41) is 6.40. The molecular weight excluding hydrogens is 333 g/mol. The lowest BCUT2D eigenvalue weighted by Crippen LogP contribution is -2.40. The standard InChI is InChI=1S/C11H25N3O2.HI/c1-10(2)9-14-11(12-3)13-5-6-16-8-7-15-4;/h10H,5-9H2,1-4H3,(H2,12,13,14);1H. The zero-order valence-electron chi connectivity index (χ0n) is 11.3. The first-order chi connectivity index (χ1) is 7.70. The molecule has 0 spiro atoms. The van der Waals surface area contributed by atoms with Gasteiger partial charge in [0.15, 0.2) is 5.96 Å². The van der Waals surface area contributed by atoms with Crippen LogP contribution in [-0.4, -0.2) is 53.0 Å². The van der Waals surface area contributed by atoms with Crippen molar-refractivity contribution in [1.82, 2.24) is 10.6 Å². The number of aliphatic imine (C=N–C) groups is 1. The Labute approximate surface area is 122 Å². The molecule has 0 heterocycles. The lowest BCUT2D eigenvalue weighted by atomic mass is 10.2. The molecule has 0 atom stereocenters. The predicted molar refractivity (Wildman–Crippen MR) is 82.3 cm³/mol. The van der Waals surface area contributed by atoms with Crippen molar-refractivity contribution in [2.24, 2.45) is 10.9 Å². The minimum absolute atomic E-state index is 0. The molecule has 0 aromatic heterocycles. The van der Waals surface area contributed by atoms with Gasteiger partial charge in [-0.2, -0.15) is 0 Å². The molecule has 0 aliphatic carbocycles. The number of hydrogen-bond acceptors (Lipinski definition) is 3. The third-order valence-electron chi connectivity index (χ3n) is 1.87. The number of nitrogens with one attached hydrogen (secondary N) is 2.